The van der Waals surface area contributed by atoms with Gasteiger partial charge in [-0.2, -0.15) is 0 Å². The Hall–Kier alpha value is -0.410. The van der Waals surface area contributed by atoms with Crippen molar-refractivity contribution in [3.05, 3.63) is 0 Å². The van der Waals surface area contributed by atoms with Gasteiger partial charge in [0.2, 0.25) is 5.79 Å². The van der Waals surface area contributed by atoms with Crippen LogP contribution in [-0.2, 0) is 14.3 Å². The molecule has 2 aliphatic rings. The van der Waals surface area contributed by atoms with Crippen molar-refractivity contribution >= 4 is 5.78 Å². The van der Waals surface area contributed by atoms with E-state index >= 15 is 0 Å². The Morgan fingerprint density at radius 3 is 2.39 bits per heavy atom. The summed E-state index contributed by atoms with van der Waals surface area (Å²) in [7, 11) is 0. The van der Waals surface area contributed by atoms with Crippen LogP contribution in [0.2, 0.25) is 0 Å². The summed E-state index contributed by atoms with van der Waals surface area (Å²) in [6.07, 6.45) is 9.86. The molecule has 2 fully saturated rings. The van der Waals surface area contributed by atoms with E-state index in [9.17, 15) is 4.79 Å². The van der Waals surface area contributed by atoms with Gasteiger partial charge in [0.15, 0.2) is 0 Å². The second-order valence-electron chi connectivity index (χ2n) is 5.58. The van der Waals surface area contributed by atoms with Crippen LogP contribution in [0.3, 0.4) is 0 Å². The van der Waals surface area contributed by atoms with E-state index in [1.807, 2.05) is 0 Å². The van der Waals surface area contributed by atoms with Crippen molar-refractivity contribution in [3.63, 3.8) is 0 Å². The fourth-order valence-electron chi connectivity index (χ4n) is 2.73. The molecule has 0 aromatic carbocycles. The summed E-state index contributed by atoms with van der Waals surface area (Å²) in [5.74, 6) is 0.154. The van der Waals surface area contributed by atoms with Gasteiger partial charge in [-0.3, -0.25) is 4.79 Å². The maximum atomic E-state index is 11.7. The number of hydrogen-bond acceptors (Lipinski definition) is 3. The molecule has 104 valence electrons. The first-order valence-electron chi connectivity index (χ1n) is 7.60. The molecule has 0 N–H and O–H groups in total. The van der Waals surface area contributed by atoms with Gasteiger partial charge >= 0.3 is 0 Å². The Bertz CT molecular complexity index is 289. The van der Waals surface area contributed by atoms with Crippen LogP contribution in [0.1, 0.15) is 71.6 Å². The molecular weight excluding hydrogens is 228 g/mol. The van der Waals surface area contributed by atoms with Crippen LogP contribution in [0.4, 0.5) is 0 Å². The summed E-state index contributed by atoms with van der Waals surface area (Å²) in [5, 5.41) is 0. The molecule has 0 radical (unpaired) electrons. The fourth-order valence-corrected chi connectivity index (χ4v) is 2.73. The Kier molecular flexibility index (Phi) is 4.79. The van der Waals surface area contributed by atoms with Gasteiger partial charge in [0.05, 0.1) is 0 Å². The predicted molar refractivity (Wildman–Crippen MR) is 70.4 cm³/mol. The highest BCUT2D eigenvalue weighted by Gasteiger charge is 2.75. The Balaban J connectivity index is 1.47. The first kappa shape index (κ1) is 14.0. The van der Waals surface area contributed by atoms with Gasteiger partial charge in [-0.15, -0.1) is 0 Å². The molecule has 2 heterocycles. The highest BCUT2D eigenvalue weighted by atomic mass is 16.9. The zero-order chi connectivity index (χ0) is 13.0. The quantitative estimate of drug-likeness (QED) is 0.442. The van der Waals surface area contributed by atoms with Crippen molar-refractivity contribution < 1.29 is 14.3 Å². The van der Waals surface area contributed by atoms with Gasteiger partial charge in [-0.1, -0.05) is 39.5 Å². The summed E-state index contributed by atoms with van der Waals surface area (Å²) in [4.78, 5) is 11.7. The summed E-state index contributed by atoms with van der Waals surface area (Å²) >= 11 is 0. The van der Waals surface area contributed by atoms with Crippen LogP contribution < -0.4 is 0 Å². The zero-order valence-electron chi connectivity index (χ0n) is 11.7. The van der Waals surface area contributed by atoms with Gasteiger partial charge < -0.3 is 9.47 Å². The number of carbonyl (C=O) groups is 1. The van der Waals surface area contributed by atoms with Gasteiger partial charge in [0, 0.05) is 12.8 Å². The number of carbonyl (C=O) groups excluding carboxylic acids is 1. The third-order valence-corrected chi connectivity index (χ3v) is 4.05. The monoisotopic (exact) mass is 254 g/mol. The third kappa shape index (κ3) is 3.33. The first-order valence-corrected chi connectivity index (χ1v) is 7.60. The molecule has 0 aromatic heterocycles. The zero-order valence-corrected chi connectivity index (χ0v) is 11.7. The molecule has 0 aromatic rings. The van der Waals surface area contributed by atoms with Crippen LogP contribution >= 0.6 is 0 Å². The van der Waals surface area contributed by atoms with E-state index in [0.29, 0.717) is 18.3 Å². The lowest BCUT2D eigenvalue weighted by molar-refractivity contribution is -0.119. The second kappa shape index (κ2) is 6.16. The maximum absolute atomic E-state index is 11.7. The standard InChI is InChI=1S/C15H26O3/c1-3-5-6-7-8-9-12(16)10-11-14-15(18-14)13(4-2)17-15/h13-14H,3-11H2,1-2H3. The largest absolute Gasteiger partial charge is 0.336 e. The van der Waals surface area contributed by atoms with Crippen molar-refractivity contribution in [1.82, 2.24) is 0 Å². The van der Waals surface area contributed by atoms with Crippen LogP contribution in [-0.4, -0.2) is 23.8 Å². The number of hydrogen-bond donors (Lipinski definition) is 0. The molecule has 0 aliphatic carbocycles. The molecule has 1 spiro atoms. The summed E-state index contributed by atoms with van der Waals surface area (Å²) in [5.41, 5.74) is 0. The minimum absolute atomic E-state index is 0.200. The van der Waals surface area contributed by atoms with Crippen LogP contribution in [0, 0.1) is 0 Å². The number of ketones is 1. The van der Waals surface area contributed by atoms with Gasteiger partial charge in [-0.05, 0) is 19.3 Å². The number of unbranched alkanes of at least 4 members (excludes halogenated alkanes) is 4. The minimum Gasteiger partial charge on any atom is -0.336 e. The van der Waals surface area contributed by atoms with E-state index in [4.69, 9.17) is 9.47 Å². The molecule has 2 rings (SSSR count). The highest BCUT2D eigenvalue weighted by molar-refractivity contribution is 5.78. The van der Waals surface area contributed by atoms with Crippen molar-refractivity contribution in [2.75, 3.05) is 0 Å². The average molecular weight is 254 g/mol. The van der Waals surface area contributed by atoms with Crippen LogP contribution in [0.5, 0.6) is 0 Å². The molecule has 2 aliphatic heterocycles. The fraction of sp³-hybridized carbons (Fsp3) is 0.933. The number of Topliss-reactive ketones (excluding diaryl/α,β-unsaturated/α-hetero) is 1. The van der Waals surface area contributed by atoms with E-state index in [-0.39, 0.29) is 11.9 Å². The summed E-state index contributed by atoms with van der Waals surface area (Å²) in [6, 6.07) is 0. The molecule has 3 unspecified atom stereocenters. The Morgan fingerprint density at radius 2 is 1.72 bits per heavy atom. The van der Waals surface area contributed by atoms with Crippen molar-refractivity contribution in [2.45, 2.75) is 89.6 Å². The minimum atomic E-state index is -0.240. The number of epoxide rings is 2. The van der Waals surface area contributed by atoms with Gasteiger partial charge in [0.25, 0.3) is 0 Å². The number of rotatable bonds is 10. The predicted octanol–water partition coefficient (Wildman–Crippen LogP) is 3.60. The average Bonchev–Trinajstić information content (AvgIpc) is 3.26. The van der Waals surface area contributed by atoms with Crippen molar-refractivity contribution in [3.8, 4) is 0 Å². The lowest BCUT2D eigenvalue weighted by Gasteiger charge is -1.99. The summed E-state index contributed by atoms with van der Waals surface area (Å²) in [6.45, 7) is 4.32. The molecule has 2 saturated heterocycles. The Morgan fingerprint density at radius 1 is 1.00 bits per heavy atom. The highest BCUT2D eigenvalue weighted by Crippen LogP contribution is 2.57. The van der Waals surface area contributed by atoms with E-state index in [2.05, 4.69) is 13.8 Å². The first-order chi connectivity index (χ1) is 8.73. The van der Waals surface area contributed by atoms with E-state index in [1.54, 1.807) is 0 Å². The van der Waals surface area contributed by atoms with E-state index in [0.717, 1.165) is 25.7 Å². The van der Waals surface area contributed by atoms with Crippen LogP contribution in [0.25, 0.3) is 0 Å². The lowest BCUT2D eigenvalue weighted by Crippen LogP contribution is -2.04. The number of ether oxygens (including phenoxy) is 2. The maximum Gasteiger partial charge on any atom is 0.223 e. The van der Waals surface area contributed by atoms with Crippen molar-refractivity contribution in [2.24, 2.45) is 0 Å². The SMILES string of the molecule is CCCCCCCC(=O)CCC1OC12OC2CC. The lowest BCUT2D eigenvalue weighted by atomic mass is 10.0. The van der Waals surface area contributed by atoms with Gasteiger partial charge in [0.1, 0.15) is 18.0 Å². The Labute approximate surface area is 110 Å². The molecule has 3 atom stereocenters. The van der Waals surface area contributed by atoms with E-state index < -0.39 is 0 Å². The smallest absolute Gasteiger partial charge is 0.223 e. The van der Waals surface area contributed by atoms with Crippen molar-refractivity contribution in [1.29, 1.82) is 0 Å². The molecular formula is C15H26O3. The topological polar surface area (TPSA) is 42.1 Å². The molecule has 0 amide bonds. The normalized spacial score (nSPS) is 32.8. The second-order valence-corrected chi connectivity index (χ2v) is 5.58. The molecule has 3 heteroatoms. The van der Waals surface area contributed by atoms with Crippen LogP contribution in [0.15, 0.2) is 0 Å². The molecule has 0 saturated carbocycles. The van der Waals surface area contributed by atoms with E-state index in [1.165, 1.54) is 25.7 Å². The molecule has 3 nitrogen and oxygen atoms in total. The molecule has 0 bridgehead atoms. The third-order valence-electron chi connectivity index (χ3n) is 4.05. The molecule has 18 heavy (non-hydrogen) atoms. The summed E-state index contributed by atoms with van der Waals surface area (Å²) < 4.78 is 11.1. The van der Waals surface area contributed by atoms with Gasteiger partial charge in [-0.25, -0.2) is 0 Å².